The summed E-state index contributed by atoms with van der Waals surface area (Å²) in [5, 5.41) is 0. The lowest BCUT2D eigenvalue weighted by Gasteiger charge is -2.03. The van der Waals surface area contributed by atoms with E-state index in [0.29, 0.717) is 0 Å². The van der Waals surface area contributed by atoms with Crippen LogP contribution in [0.25, 0.3) is 0 Å². The van der Waals surface area contributed by atoms with Gasteiger partial charge in [-0.2, -0.15) is 0 Å². The zero-order chi connectivity index (χ0) is 14.0. The zero-order valence-corrected chi connectivity index (χ0v) is 15.3. The predicted octanol–water partition coefficient (Wildman–Crippen LogP) is 5.80. The van der Waals surface area contributed by atoms with Crippen LogP contribution in [0.5, 0.6) is 0 Å². The van der Waals surface area contributed by atoms with Crippen LogP contribution in [-0.4, -0.2) is 12.0 Å². The highest BCUT2D eigenvalue weighted by atomic mass is 35.5. The third-order valence-corrected chi connectivity index (χ3v) is 4.06. The largest absolute Gasteiger partial charge is 0.412 e. The summed E-state index contributed by atoms with van der Waals surface area (Å²) >= 11 is 0. The minimum Gasteiger partial charge on any atom is -0.412 e. The molecule has 0 bridgehead atoms. The van der Waals surface area contributed by atoms with Gasteiger partial charge in [-0.05, 0) is 13.0 Å². The van der Waals surface area contributed by atoms with E-state index in [0.717, 1.165) is 6.54 Å². The maximum atomic E-state index is 5.48. The molecule has 3 heteroatoms. The van der Waals surface area contributed by atoms with E-state index >= 15 is 0 Å². The van der Waals surface area contributed by atoms with E-state index in [1.54, 1.807) is 0 Å². The second-order valence-electron chi connectivity index (χ2n) is 6.09. The van der Waals surface area contributed by atoms with Gasteiger partial charge in [0.05, 0.1) is 0 Å². The van der Waals surface area contributed by atoms with Crippen LogP contribution in [0.3, 0.4) is 0 Å². The maximum Gasteiger partial charge on any atom is -0.00773 e. The van der Waals surface area contributed by atoms with Gasteiger partial charge in [-0.25, -0.2) is 0 Å². The standard InChI is InChI=1S/C18H39N.ClH.H2O/c1-2-3-4-5-6-7-8-9-10-11-12-13-14-15-16-17-18-19;;/h2-19H2,1H3;1H;1H2. The van der Waals surface area contributed by atoms with Crippen molar-refractivity contribution in [3.05, 3.63) is 0 Å². The summed E-state index contributed by atoms with van der Waals surface area (Å²) in [6.07, 6.45) is 22.9. The summed E-state index contributed by atoms with van der Waals surface area (Å²) < 4.78 is 0. The topological polar surface area (TPSA) is 57.5 Å². The fraction of sp³-hybridized carbons (Fsp3) is 1.00. The molecule has 132 valence electrons. The molecule has 0 fully saturated rings. The molecule has 0 aliphatic carbocycles. The lowest BCUT2D eigenvalue weighted by Crippen LogP contribution is -1.97. The molecule has 4 N–H and O–H groups in total. The Kier molecular flexibility index (Phi) is 31.3. The van der Waals surface area contributed by atoms with Gasteiger partial charge >= 0.3 is 0 Å². The lowest BCUT2D eigenvalue weighted by molar-refractivity contribution is 0.530. The molecule has 0 saturated carbocycles. The molecule has 0 heterocycles. The molecule has 0 aromatic heterocycles. The molecule has 0 atom stereocenters. The van der Waals surface area contributed by atoms with Crippen molar-refractivity contribution in [1.82, 2.24) is 0 Å². The minimum atomic E-state index is 0. The molecular weight excluding hydrogens is 282 g/mol. The summed E-state index contributed by atoms with van der Waals surface area (Å²) in [7, 11) is 0. The van der Waals surface area contributed by atoms with Crippen LogP contribution in [0.15, 0.2) is 0 Å². The molecule has 0 aromatic rings. The first kappa shape index (κ1) is 26.1. The summed E-state index contributed by atoms with van der Waals surface area (Å²) in [6.45, 7) is 3.16. The van der Waals surface area contributed by atoms with Crippen LogP contribution in [0.1, 0.15) is 110 Å². The first-order chi connectivity index (χ1) is 9.41. The molecule has 0 aliphatic heterocycles. The van der Waals surface area contributed by atoms with E-state index < -0.39 is 0 Å². The molecule has 0 unspecified atom stereocenters. The molecule has 2 nitrogen and oxygen atoms in total. The van der Waals surface area contributed by atoms with Crippen molar-refractivity contribution in [2.75, 3.05) is 6.54 Å². The first-order valence-electron chi connectivity index (χ1n) is 9.12. The third-order valence-electron chi connectivity index (χ3n) is 4.06. The van der Waals surface area contributed by atoms with Crippen LogP contribution in [0.4, 0.5) is 0 Å². The number of hydrogen-bond acceptors (Lipinski definition) is 1. The lowest BCUT2D eigenvalue weighted by atomic mass is 10.0. The van der Waals surface area contributed by atoms with E-state index in [1.807, 2.05) is 0 Å². The zero-order valence-electron chi connectivity index (χ0n) is 14.5. The van der Waals surface area contributed by atoms with Gasteiger partial charge in [-0.1, -0.05) is 103 Å². The Bertz CT molecular complexity index is 140. The second kappa shape index (κ2) is 25.2. The van der Waals surface area contributed by atoms with Gasteiger partial charge in [-0.15, -0.1) is 12.4 Å². The molecule has 21 heavy (non-hydrogen) atoms. The highest BCUT2D eigenvalue weighted by Gasteiger charge is 1.94. The SMILES string of the molecule is CCCCCCCCCCCCCCCCCCN.Cl.O. The Labute approximate surface area is 140 Å². The molecular formula is C18H42ClNO. The first-order valence-corrected chi connectivity index (χ1v) is 9.12. The quantitative estimate of drug-likeness (QED) is 0.358. The van der Waals surface area contributed by atoms with Gasteiger partial charge in [0, 0.05) is 0 Å². The molecule has 0 saturated heterocycles. The fourth-order valence-electron chi connectivity index (χ4n) is 2.69. The number of halogens is 1. The van der Waals surface area contributed by atoms with Crippen LogP contribution >= 0.6 is 12.4 Å². The van der Waals surface area contributed by atoms with Crippen molar-refractivity contribution in [2.45, 2.75) is 110 Å². The van der Waals surface area contributed by atoms with Gasteiger partial charge in [0.25, 0.3) is 0 Å². The van der Waals surface area contributed by atoms with Gasteiger partial charge in [0.1, 0.15) is 0 Å². The van der Waals surface area contributed by atoms with Crippen LogP contribution in [-0.2, 0) is 0 Å². The highest BCUT2D eigenvalue weighted by molar-refractivity contribution is 5.85. The van der Waals surface area contributed by atoms with E-state index in [-0.39, 0.29) is 17.9 Å². The third kappa shape index (κ3) is 25.5. The average molecular weight is 324 g/mol. The summed E-state index contributed by atoms with van der Waals surface area (Å²) in [6, 6.07) is 0. The Morgan fingerprint density at radius 2 is 0.714 bits per heavy atom. The van der Waals surface area contributed by atoms with Crippen LogP contribution in [0.2, 0.25) is 0 Å². The van der Waals surface area contributed by atoms with Gasteiger partial charge < -0.3 is 11.2 Å². The molecule has 0 aromatic carbocycles. The highest BCUT2D eigenvalue weighted by Crippen LogP contribution is 2.13. The Morgan fingerprint density at radius 3 is 0.952 bits per heavy atom. The Balaban J connectivity index is -0.00000162. The molecule has 0 amide bonds. The molecule has 0 aliphatic rings. The van der Waals surface area contributed by atoms with Gasteiger partial charge in [-0.3, -0.25) is 0 Å². The molecule has 0 rings (SSSR count). The van der Waals surface area contributed by atoms with E-state index in [9.17, 15) is 0 Å². The van der Waals surface area contributed by atoms with Crippen molar-refractivity contribution >= 4 is 12.4 Å². The normalized spacial score (nSPS) is 10.0. The van der Waals surface area contributed by atoms with E-state index in [1.165, 1.54) is 103 Å². The summed E-state index contributed by atoms with van der Waals surface area (Å²) in [4.78, 5) is 0. The van der Waals surface area contributed by atoms with Crippen molar-refractivity contribution in [3.63, 3.8) is 0 Å². The minimum absolute atomic E-state index is 0. The monoisotopic (exact) mass is 323 g/mol. The fourth-order valence-corrected chi connectivity index (χ4v) is 2.69. The summed E-state index contributed by atoms with van der Waals surface area (Å²) in [5.41, 5.74) is 5.48. The smallest absolute Gasteiger partial charge is 0.00773 e. The molecule has 0 spiro atoms. The van der Waals surface area contributed by atoms with Crippen LogP contribution in [0, 0.1) is 0 Å². The Morgan fingerprint density at radius 1 is 0.476 bits per heavy atom. The van der Waals surface area contributed by atoms with Crippen molar-refractivity contribution in [2.24, 2.45) is 5.73 Å². The van der Waals surface area contributed by atoms with E-state index in [2.05, 4.69) is 6.92 Å². The van der Waals surface area contributed by atoms with E-state index in [4.69, 9.17) is 5.73 Å². The average Bonchev–Trinajstić information content (AvgIpc) is 2.43. The number of nitrogens with two attached hydrogens (primary N) is 1. The van der Waals surface area contributed by atoms with Gasteiger partial charge in [0.15, 0.2) is 0 Å². The number of hydrogen-bond donors (Lipinski definition) is 1. The number of unbranched alkanes of at least 4 members (excludes halogenated alkanes) is 15. The number of rotatable bonds is 16. The maximum absolute atomic E-state index is 5.48. The summed E-state index contributed by atoms with van der Waals surface area (Å²) in [5.74, 6) is 0. The second-order valence-corrected chi connectivity index (χ2v) is 6.09. The Hall–Kier alpha value is 0.210. The van der Waals surface area contributed by atoms with Crippen molar-refractivity contribution < 1.29 is 5.48 Å². The predicted molar refractivity (Wildman–Crippen MR) is 99.5 cm³/mol. The van der Waals surface area contributed by atoms with Crippen LogP contribution < -0.4 is 5.73 Å². The van der Waals surface area contributed by atoms with Gasteiger partial charge in [0.2, 0.25) is 0 Å². The molecule has 0 radical (unpaired) electrons. The van der Waals surface area contributed by atoms with Crippen molar-refractivity contribution in [3.8, 4) is 0 Å². The van der Waals surface area contributed by atoms with Crippen molar-refractivity contribution in [1.29, 1.82) is 0 Å².